The van der Waals surface area contributed by atoms with Gasteiger partial charge in [-0.2, -0.15) is 0 Å². The zero-order valence-corrected chi connectivity index (χ0v) is 8.21. The number of nitrogens with one attached hydrogen (secondary N) is 1. The predicted molar refractivity (Wildman–Crippen MR) is 52.7 cm³/mol. The van der Waals surface area contributed by atoms with E-state index in [-0.39, 0.29) is 12.1 Å². The number of benzene rings is 1. The van der Waals surface area contributed by atoms with Crippen molar-refractivity contribution in [1.82, 2.24) is 5.32 Å². The van der Waals surface area contributed by atoms with Gasteiger partial charge in [-0.05, 0) is 24.6 Å². The lowest BCUT2D eigenvalue weighted by Gasteiger charge is -2.03. The molecule has 0 saturated carbocycles. The lowest BCUT2D eigenvalue weighted by Crippen LogP contribution is -2.33. The highest BCUT2D eigenvalue weighted by Gasteiger charge is 2.08. The van der Waals surface area contributed by atoms with Gasteiger partial charge in [0.15, 0.2) is 0 Å². The molecule has 0 atom stereocenters. The summed E-state index contributed by atoms with van der Waals surface area (Å²) >= 11 is 0. The van der Waals surface area contributed by atoms with E-state index in [0.29, 0.717) is 5.56 Å². The number of carbonyl (C=O) groups excluding carboxylic acids is 2. The largest absolute Gasteiger partial charge is 0.368 e. The van der Waals surface area contributed by atoms with E-state index >= 15 is 0 Å². The van der Waals surface area contributed by atoms with E-state index in [1.807, 2.05) is 0 Å². The number of amides is 2. The van der Waals surface area contributed by atoms with E-state index in [9.17, 15) is 14.0 Å². The van der Waals surface area contributed by atoms with Crippen LogP contribution in [0.2, 0.25) is 0 Å². The van der Waals surface area contributed by atoms with Gasteiger partial charge in [0.25, 0.3) is 5.91 Å². The first kappa shape index (κ1) is 11.2. The fourth-order valence-electron chi connectivity index (χ4n) is 1.00. The van der Waals surface area contributed by atoms with Gasteiger partial charge in [0.1, 0.15) is 5.82 Å². The molecule has 3 N–H and O–H groups in total. The van der Waals surface area contributed by atoms with Gasteiger partial charge in [0, 0.05) is 5.56 Å². The Bertz CT molecular complexity index is 404. The van der Waals surface area contributed by atoms with Crippen LogP contribution in [-0.2, 0) is 4.79 Å². The maximum atomic E-state index is 13.1. The van der Waals surface area contributed by atoms with Crippen LogP contribution >= 0.6 is 0 Å². The summed E-state index contributed by atoms with van der Waals surface area (Å²) in [5, 5.41) is 2.26. The molecule has 5 heteroatoms. The highest BCUT2D eigenvalue weighted by molar-refractivity contribution is 5.96. The van der Waals surface area contributed by atoms with Gasteiger partial charge in [-0.15, -0.1) is 0 Å². The van der Waals surface area contributed by atoms with Crippen molar-refractivity contribution in [3.8, 4) is 0 Å². The first-order valence-electron chi connectivity index (χ1n) is 4.33. The second-order valence-corrected chi connectivity index (χ2v) is 3.11. The van der Waals surface area contributed by atoms with Crippen LogP contribution in [0.4, 0.5) is 4.39 Å². The summed E-state index contributed by atoms with van der Waals surface area (Å²) in [6.07, 6.45) is 0. The van der Waals surface area contributed by atoms with Crippen LogP contribution in [0.1, 0.15) is 15.9 Å². The van der Waals surface area contributed by atoms with Crippen LogP contribution < -0.4 is 11.1 Å². The number of carbonyl (C=O) groups is 2. The maximum absolute atomic E-state index is 13.1. The predicted octanol–water partition coefficient (Wildman–Crippen LogP) is 0.349. The van der Waals surface area contributed by atoms with Gasteiger partial charge in [-0.3, -0.25) is 9.59 Å². The van der Waals surface area contributed by atoms with Crippen LogP contribution in [-0.4, -0.2) is 18.4 Å². The lowest BCUT2D eigenvalue weighted by atomic mass is 10.1. The summed E-state index contributed by atoms with van der Waals surface area (Å²) in [5.74, 6) is -1.62. The highest BCUT2D eigenvalue weighted by Crippen LogP contribution is 2.08. The molecule has 15 heavy (non-hydrogen) atoms. The molecule has 1 aromatic rings. The van der Waals surface area contributed by atoms with Gasteiger partial charge in [-0.1, -0.05) is 6.07 Å². The van der Waals surface area contributed by atoms with Crippen molar-refractivity contribution in [2.75, 3.05) is 6.54 Å². The van der Waals surface area contributed by atoms with Gasteiger partial charge in [0.05, 0.1) is 6.54 Å². The summed E-state index contributed by atoms with van der Waals surface area (Å²) in [6.45, 7) is 1.34. The highest BCUT2D eigenvalue weighted by atomic mass is 19.1. The Labute approximate surface area is 86.3 Å². The van der Waals surface area contributed by atoms with Gasteiger partial charge < -0.3 is 11.1 Å². The second kappa shape index (κ2) is 4.54. The summed E-state index contributed by atoms with van der Waals surface area (Å²) in [7, 11) is 0. The Morgan fingerprint density at radius 1 is 1.47 bits per heavy atom. The molecule has 0 aliphatic heterocycles. The molecule has 4 nitrogen and oxygen atoms in total. The monoisotopic (exact) mass is 210 g/mol. The first-order chi connectivity index (χ1) is 7.00. The summed E-state index contributed by atoms with van der Waals surface area (Å²) < 4.78 is 13.1. The maximum Gasteiger partial charge on any atom is 0.251 e. The van der Waals surface area contributed by atoms with Crippen molar-refractivity contribution in [1.29, 1.82) is 0 Å². The Morgan fingerprint density at radius 2 is 2.13 bits per heavy atom. The second-order valence-electron chi connectivity index (χ2n) is 3.11. The van der Waals surface area contributed by atoms with Crippen LogP contribution in [0, 0.1) is 12.7 Å². The van der Waals surface area contributed by atoms with E-state index in [1.165, 1.54) is 12.1 Å². The third-order valence-corrected chi connectivity index (χ3v) is 1.86. The Morgan fingerprint density at radius 3 is 2.67 bits per heavy atom. The van der Waals surface area contributed by atoms with Gasteiger partial charge >= 0.3 is 0 Å². The zero-order valence-electron chi connectivity index (χ0n) is 8.21. The zero-order chi connectivity index (χ0) is 11.4. The molecular formula is C10H11FN2O2. The number of halogens is 1. The van der Waals surface area contributed by atoms with E-state index in [1.54, 1.807) is 6.92 Å². The number of hydrogen-bond donors (Lipinski definition) is 2. The molecule has 0 fully saturated rings. The third kappa shape index (κ3) is 3.05. The summed E-state index contributed by atoms with van der Waals surface area (Å²) in [4.78, 5) is 21.7. The molecule has 80 valence electrons. The summed E-state index contributed by atoms with van der Waals surface area (Å²) in [5.41, 5.74) is 5.47. The molecule has 0 aliphatic rings. The molecule has 2 amide bonds. The molecule has 0 aliphatic carbocycles. The van der Waals surface area contributed by atoms with Crippen LogP contribution in [0.15, 0.2) is 18.2 Å². The average molecular weight is 210 g/mol. The van der Waals surface area contributed by atoms with Crippen molar-refractivity contribution < 1.29 is 14.0 Å². The van der Waals surface area contributed by atoms with E-state index in [0.717, 1.165) is 6.07 Å². The van der Waals surface area contributed by atoms with E-state index < -0.39 is 17.6 Å². The minimum absolute atomic E-state index is 0.166. The SMILES string of the molecule is Cc1ccc(C(=O)NCC(N)=O)cc1F. The standard InChI is InChI=1S/C10H11FN2O2/c1-6-2-3-7(4-8(6)11)10(15)13-5-9(12)14/h2-4H,5H2,1H3,(H2,12,14)(H,13,15). The molecule has 0 unspecified atom stereocenters. The first-order valence-corrected chi connectivity index (χ1v) is 4.33. The molecule has 0 saturated heterocycles. The van der Waals surface area contributed by atoms with Gasteiger partial charge in [0.2, 0.25) is 5.91 Å². The Balaban J connectivity index is 2.74. The van der Waals surface area contributed by atoms with Crippen LogP contribution in [0.3, 0.4) is 0 Å². The third-order valence-electron chi connectivity index (χ3n) is 1.86. The Hall–Kier alpha value is -1.91. The van der Waals surface area contributed by atoms with E-state index in [4.69, 9.17) is 5.73 Å². The quantitative estimate of drug-likeness (QED) is 0.755. The minimum atomic E-state index is -0.643. The van der Waals surface area contributed by atoms with Crippen LogP contribution in [0.25, 0.3) is 0 Å². The fourth-order valence-corrected chi connectivity index (χ4v) is 1.00. The molecule has 0 radical (unpaired) electrons. The number of primary amides is 1. The molecule has 0 aromatic heterocycles. The smallest absolute Gasteiger partial charge is 0.251 e. The molecule has 1 aromatic carbocycles. The molecule has 1 rings (SSSR count). The normalized spacial score (nSPS) is 9.73. The van der Waals surface area contributed by atoms with E-state index in [2.05, 4.69) is 5.32 Å². The molecule has 0 heterocycles. The number of hydrogen-bond acceptors (Lipinski definition) is 2. The van der Waals surface area contributed by atoms with Crippen LogP contribution in [0.5, 0.6) is 0 Å². The van der Waals surface area contributed by atoms with Crippen molar-refractivity contribution in [2.24, 2.45) is 5.73 Å². The topological polar surface area (TPSA) is 72.2 Å². The molecule has 0 spiro atoms. The Kier molecular flexibility index (Phi) is 3.38. The van der Waals surface area contributed by atoms with Gasteiger partial charge in [-0.25, -0.2) is 4.39 Å². The number of nitrogens with two attached hydrogens (primary N) is 1. The number of rotatable bonds is 3. The fraction of sp³-hybridized carbons (Fsp3) is 0.200. The van der Waals surface area contributed by atoms with Crippen molar-refractivity contribution in [2.45, 2.75) is 6.92 Å². The minimum Gasteiger partial charge on any atom is -0.368 e. The van der Waals surface area contributed by atoms with Crippen molar-refractivity contribution in [3.05, 3.63) is 35.1 Å². The lowest BCUT2D eigenvalue weighted by molar-refractivity contribution is -0.117. The molecular weight excluding hydrogens is 199 g/mol. The number of aryl methyl sites for hydroxylation is 1. The van der Waals surface area contributed by atoms with Crippen molar-refractivity contribution in [3.63, 3.8) is 0 Å². The average Bonchev–Trinajstić information content (AvgIpc) is 2.18. The molecule has 0 bridgehead atoms. The summed E-state index contributed by atoms with van der Waals surface area (Å²) in [6, 6.07) is 4.09. The van der Waals surface area contributed by atoms with Crippen molar-refractivity contribution >= 4 is 11.8 Å².